The fourth-order valence-electron chi connectivity index (χ4n) is 1.90. The van der Waals surface area contributed by atoms with Crippen LogP contribution in [-0.2, 0) is 10.3 Å². The molecule has 3 rings (SSSR count). The Hall–Kier alpha value is -1.67. The molecule has 1 unspecified atom stereocenters. The van der Waals surface area contributed by atoms with Gasteiger partial charge < -0.3 is 4.74 Å². The molecule has 1 aromatic carbocycles. The van der Waals surface area contributed by atoms with Gasteiger partial charge in [0.1, 0.15) is 5.60 Å². The van der Waals surface area contributed by atoms with E-state index in [-0.39, 0.29) is 5.60 Å². The highest BCUT2D eigenvalue weighted by molar-refractivity contribution is 5.39. The average Bonchev–Trinajstić information content (AvgIpc) is 3.13. The number of pyridine rings is 1. The molecule has 15 heavy (non-hydrogen) atoms. The Labute approximate surface area is 88.5 Å². The highest BCUT2D eigenvalue weighted by atomic mass is 16.6. The summed E-state index contributed by atoms with van der Waals surface area (Å²) in [5.74, 6) is 0. The Morgan fingerprint density at radius 3 is 2.13 bits per heavy atom. The number of epoxide rings is 1. The largest absolute Gasteiger partial charge is 0.359 e. The molecule has 1 saturated heterocycles. The first-order chi connectivity index (χ1) is 7.42. The molecule has 0 bridgehead atoms. The molecule has 1 aliphatic heterocycles. The molecule has 0 saturated carbocycles. The lowest BCUT2D eigenvalue weighted by Crippen LogP contribution is -2.10. The summed E-state index contributed by atoms with van der Waals surface area (Å²) < 4.78 is 5.64. The number of ether oxygens (including phenoxy) is 1. The van der Waals surface area contributed by atoms with Gasteiger partial charge in [0.2, 0.25) is 0 Å². The Balaban J connectivity index is 2.06. The summed E-state index contributed by atoms with van der Waals surface area (Å²) in [6, 6.07) is 14.3. The third-order valence-corrected chi connectivity index (χ3v) is 2.82. The molecule has 0 aliphatic carbocycles. The van der Waals surface area contributed by atoms with E-state index in [0.717, 1.165) is 6.61 Å². The lowest BCUT2D eigenvalue weighted by Gasteiger charge is -2.11. The standard InChI is InChI=1S/C13H11NO/c1-2-4-11(5-3-1)13(10-15-13)12-6-8-14-9-7-12/h1-9H,10H2. The molecule has 0 amide bonds. The average molecular weight is 197 g/mol. The van der Waals surface area contributed by atoms with E-state index >= 15 is 0 Å². The molecule has 1 atom stereocenters. The van der Waals surface area contributed by atoms with Crippen molar-refractivity contribution in [1.82, 2.24) is 4.98 Å². The van der Waals surface area contributed by atoms with Crippen molar-refractivity contribution in [3.63, 3.8) is 0 Å². The Kier molecular flexibility index (Phi) is 1.82. The predicted octanol–water partition coefficient (Wildman–Crippen LogP) is 2.36. The van der Waals surface area contributed by atoms with Gasteiger partial charge in [-0.2, -0.15) is 0 Å². The molecule has 0 N–H and O–H groups in total. The van der Waals surface area contributed by atoms with Gasteiger partial charge in [-0.1, -0.05) is 30.3 Å². The molecule has 0 spiro atoms. The maximum absolute atomic E-state index is 5.64. The van der Waals surface area contributed by atoms with E-state index in [2.05, 4.69) is 17.1 Å². The van der Waals surface area contributed by atoms with E-state index in [4.69, 9.17) is 4.74 Å². The summed E-state index contributed by atoms with van der Waals surface area (Å²) in [5.41, 5.74) is 2.20. The van der Waals surface area contributed by atoms with Crippen LogP contribution in [0.4, 0.5) is 0 Å². The van der Waals surface area contributed by atoms with Crippen LogP contribution < -0.4 is 0 Å². The second-order valence-electron chi connectivity index (χ2n) is 3.72. The summed E-state index contributed by atoms with van der Waals surface area (Å²) in [7, 11) is 0. The normalized spacial score (nSPS) is 23.7. The zero-order valence-corrected chi connectivity index (χ0v) is 8.26. The number of benzene rings is 1. The topological polar surface area (TPSA) is 25.4 Å². The zero-order valence-electron chi connectivity index (χ0n) is 8.26. The number of nitrogens with zero attached hydrogens (tertiary/aromatic N) is 1. The molecule has 2 heteroatoms. The van der Waals surface area contributed by atoms with Crippen LogP contribution in [0, 0.1) is 0 Å². The second-order valence-corrected chi connectivity index (χ2v) is 3.72. The van der Waals surface area contributed by atoms with Gasteiger partial charge in [0.05, 0.1) is 6.61 Å². The summed E-state index contributed by atoms with van der Waals surface area (Å²) in [6.07, 6.45) is 3.61. The fourth-order valence-corrected chi connectivity index (χ4v) is 1.90. The van der Waals surface area contributed by atoms with Crippen molar-refractivity contribution in [2.24, 2.45) is 0 Å². The number of hydrogen-bond acceptors (Lipinski definition) is 2. The molecule has 1 aliphatic rings. The zero-order chi connectivity index (χ0) is 10.1. The lowest BCUT2D eigenvalue weighted by molar-refractivity contribution is 0.349. The molecule has 0 radical (unpaired) electrons. The van der Waals surface area contributed by atoms with Crippen molar-refractivity contribution in [3.05, 3.63) is 66.0 Å². The third-order valence-electron chi connectivity index (χ3n) is 2.82. The van der Waals surface area contributed by atoms with Gasteiger partial charge in [-0.25, -0.2) is 0 Å². The third kappa shape index (κ3) is 1.34. The first kappa shape index (κ1) is 8.62. The lowest BCUT2D eigenvalue weighted by atomic mass is 9.93. The van der Waals surface area contributed by atoms with Crippen LogP contribution in [0.1, 0.15) is 11.1 Å². The number of rotatable bonds is 2. The summed E-state index contributed by atoms with van der Waals surface area (Å²) in [6.45, 7) is 0.765. The first-order valence-electron chi connectivity index (χ1n) is 5.02. The van der Waals surface area contributed by atoms with Crippen LogP contribution in [0.5, 0.6) is 0 Å². The first-order valence-corrected chi connectivity index (χ1v) is 5.02. The highest BCUT2D eigenvalue weighted by Gasteiger charge is 2.47. The van der Waals surface area contributed by atoms with Crippen molar-refractivity contribution in [1.29, 1.82) is 0 Å². The molecule has 74 valence electrons. The monoisotopic (exact) mass is 197 g/mol. The van der Waals surface area contributed by atoms with E-state index in [9.17, 15) is 0 Å². The van der Waals surface area contributed by atoms with Crippen LogP contribution in [-0.4, -0.2) is 11.6 Å². The molecular weight excluding hydrogens is 186 g/mol. The highest BCUT2D eigenvalue weighted by Crippen LogP contribution is 2.44. The van der Waals surface area contributed by atoms with Crippen LogP contribution >= 0.6 is 0 Å². The summed E-state index contributed by atoms with van der Waals surface area (Å²) in [4.78, 5) is 4.02. The van der Waals surface area contributed by atoms with Gasteiger partial charge in [-0.3, -0.25) is 4.98 Å². The molecule has 2 nitrogen and oxygen atoms in total. The van der Waals surface area contributed by atoms with Crippen LogP contribution in [0.15, 0.2) is 54.9 Å². The summed E-state index contributed by atoms with van der Waals surface area (Å²) in [5, 5.41) is 0. The van der Waals surface area contributed by atoms with Gasteiger partial charge in [0.25, 0.3) is 0 Å². The smallest absolute Gasteiger partial charge is 0.142 e. The minimum absolute atomic E-state index is 0.204. The van der Waals surface area contributed by atoms with Gasteiger partial charge in [0.15, 0.2) is 0 Å². The number of aromatic nitrogens is 1. The van der Waals surface area contributed by atoms with Crippen molar-refractivity contribution in [2.45, 2.75) is 5.60 Å². The molecule has 1 aromatic heterocycles. The van der Waals surface area contributed by atoms with Crippen molar-refractivity contribution >= 4 is 0 Å². The quantitative estimate of drug-likeness (QED) is 0.690. The number of hydrogen-bond donors (Lipinski definition) is 0. The van der Waals surface area contributed by atoms with Gasteiger partial charge in [-0.05, 0) is 23.3 Å². The maximum Gasteiger partial charge on any atom is 0.142 e. The fraction of sp³-hybridized carbons (Fsp3) is 0.154. The van der Waals surface area contributed by atoms with Crippen molar-refractivity contribution < 1.29 is 4.74 Å². The molecular formula is C13H11NO. The Morgan fingerprint density at radius 2 is 1.53 bits per heavy atom. The van der Waals surface area contributed by atoms with Crippen LogP contribution in [0.25, 0.3) is 0 Å². The van der Waals surface area contributed by atoms with Gasteiger partial charge in [-0.15, -0.1) is 0 Å². The minimum Gasteiger partial charge on any atom is -0.359 e. The maximum atomic E-state index is 5.64. The summed E-state index contributed by atoms with van der Waals surface area (Å²) >= 11 is 0. The molecule has 2 heterocycles. The van der Waals surface area contributed by atoms with Crippen molar-refractivity contribution in [3.8, 4) is 0 Å². The van der Waals surface area contributed by atoms with Gasteiger partial charge in [0, 0.05) is 12.4 Å². The molecule has 2 aromatic rings. The van der Waals surface area contributed by atoms with Crippen molar-refractivity contribution in [2.75, 3.05) is 6.61 Å². The van der Waals surface area contributed by atoms with E-state index < -0.39 is 0 Å². The SMILES string of the molecule is c1ccc(C2(c3ccncc3)CO2)cc1. The van der Waals surface area contributed by atoms with E-state index in [0.29, 0.717) is 0 Å². The second kappa shape index (κ2) is 3.17. The minimum atomic E-state index is -0.204. The van der Waals surface area contributed by atoms with Gasteiger partial charge >= 0.3 is 0 Å². The Bertz CT molecular complexity index is 407. The van der Waals surface area contributed by atoms with E-state index in [1.807, 2.05) is 42.7 Å². The van der Waals surface area contributed by atoms with E-state index in [1.54, 1.807) is 0 Å². The van der Waals surface area contributed by atoms with Crippen LogP contribution in [0.3, 0.4) is 0 Å². The van der Waals surface area contributed by atoms with Crippen LogP contribution in [0.2, 0.25) is 0 Å². The Morgan fingerprint density at radius 1 is 0.933 bits per heavy atom. The van der Waals surface area contributed by atoms with E-state index in [1.165, 1.54) is 11.1 Å². The predicted molar refractivity (Wildman–Crippen MR) is 57.4 cm³/mol. The molecule has 1 fully saturated rings.